The van der Waals surface area contributed by atoms with E-state index in [4.69, 9.17) is 9.47 Å². The van der Waals surface area contributed by atoms with Crippen molar-refractivity contribution in [2.75, 3.05) is 32.9 Å². The third-order valence-electron chi connectivity index (χ3n) is 7.82. The fourth-order valence-corrected chi connectivity index (χ4v) is 4.63. The first-order valence-corrected chi connectivity index (χ1v) is 16.6. The van der Waals surface area contributed by atoms with Crippen LogP contribution in [0.5, 0.6) is 5.75 Å². The zero-order valence-corrected chi connectivity index (χ0v) is 28.6. The molecule has 238 valence electrons. The molecule has 1 aromatic rings. The van der Waals surface area contributed by atoms with Crippen LogP contribution in [0.4, 0.5) is 0 Å². The van der Waals surface area contributed by atoms with Gasteiger partial charge in [-0.25, -0.2) is 0 Å². The summed E-state index contributed by atoms with van der Waals surface area (Å²) in [5.41, 5.74) is 2.67. The van der Waals surface area contributed by atoms with Crippen molar-refractivity contribution in [1.82, 2.24) is 4.90 Å². The van der Waals surface area contributed by atoms with Crippen molar-refractivity contribution < 1.29 is 19.1 Å². The molecule has 5 nitrogen and oxygen atoms in total. The molecule has 0 spiro atoms. The number of rotatable bonds is 13. The van der Waals surface area contributed by atoms with Crippen LogP contribution in [0, 0.1) is 11.3 Å². The minimum atomic E-state index is -0.151. The van der Waals surface area contributed by atoms with E-state index in [1.165, 1.54) is 36.8 Å². The molecule has 1 fully saturated rings. The van der Waals surface area contributed by atoms with Gasteiger partial charge in [-0.2, -0.15) is 0 Å². The van der Waals surface area contributed by atoms with Crippen molar-refractivity contribution in [3.8, 4) is 5.75 Å². The van der Waals surface area contributed by atoms with E-state index < -0.39 is 0 Å². The Morgan fingerprint density at radius 2 is 1.63 bits per heavy atom. The van der Waals surface area contributed by atoms with Crippen molar-refractivity contribution in [2.24, 2.45) is 11.3 Å². The second-order valence-electron chi connectivity index (χ2n) is 12.3. The van der Waals surface area contributed by atoms with Gasteiger partial charge in [-0.05, 0) is 74.5 Å². The van der Waals surface area contributed by atoms with Crippen LogP contribution < -0.4 is 4.74 Å². The van der Waals surface area contributed by atoms with Crippen LogP contribution in [-0.2, 0) is 20.7 Å². The summed E-state index contributed by atoms with van der Waals surface area (Å²) in [4.78, 5) is 24.2. The molecule has 0 aliphatic carbocycles. The van der Waals surface area contributed by atoms with E-state index in [2.05, 4.69) is 78.5 Å². The van der Waals surface area contributed by atoms with Gasteiger partial charge in [0.05, 0.1) is 6.61 Å². The van der Waals surface area contributed by atoms with Gasteiger partial charge >= 0.3 is 0 Å². The van der Waals surface area contributed by atoms with Gasteiger partial charge in [-0.1, -0.05) is 87.3 Å². The van der Waals surface area contributed by atoms with Crippen molar-refractivity contribution >= 4 is 11.7 Å². The number of amides is 1. The predicted molar refractivity (Wildman–Crippen MR) is 175 cm³/mol. The van der Waals surface area contributed by atoms with Crippen LogP contribution in [-0.4, -0.2) is 49.5 Å². The highest BCUT2D eigenvalue weighted by Crippen LogP contribution is 2.34. The Balaban J connectivity index is 0.000000822. The summed E-state index contributed by atoms with van der Waals surface area (Å²) in [6, 6.07) is 6.75. The Kier molecular flexibility index (Phi) is 21.6. The summed E-state index contributed by atoms with van der Waals surface area (Å²) < 4.78 is 10.8. The van der Waals surface area contributed by atoms with Gasteiger partial charge in [-0.3, -0.25) is 4.79 Å². The average Bonchev–Trinajstić information content (AvgIpc) is 3.54. The quantitative estimate of drug-likeness (QED) is 0.220. The Morgan fingerprint density at radius 3 is 2.10 bits per heavy atom. The normalized spacial score (nSPS) is 16.1. The number of carbonyl (C=O) groups excluding carboxylic acids is 2. The zero-order valence-electron chi connectivity index (χ0n) is 28.6. The van der Waals surface area contributed by atoms with Crippen molar-refractivity contribution in [1.29, 1.82) is 0 Å². The molecule has 5 heteroatoms. The highest BCUT2D eigenvalue weighted by molar-refractivity contribution is 5.83. The molecule has 1 saturated heterocycles. The summed E-state index contributed by atoms with van der Waals surface area (Å²) in [5, 5.41) is 0. The first-order chi connectivity index (χ1) is 19.5. The van der Waals surface area contributed by atoms with Crippen LogP contribution in [0.1, 0.15) is 144 Å². The number of hydrogen-bond acceptors (Lipinski definition) is 4. The number of nitrogens with zero attached hydrogens (tertiary/aromatic N) is 1. The first-order valence-electron chi connectivity index (χ1n) is 16.6. The lowest BCUT2D eigenvalue weighted by atomic mass is 9.85. The minimum Gasteiger partial charge on any atom is -0.493 e. The van der Waals surface area contributed by atoms with E-state index in [1.807, 2.05) is 6.92 Å². The maximum Gasteiger partial charge on any atom is 0.228 e. The molecule has 0 aromatic heterocycles. The molecule has 1 amide bonds. The fourth-order valence-electron chi connectivity index (χ4n) is 4.63. The second-order valence-corrected chi connectivity index (χ2v) is 12.3. The van der Waals surface area contributed by atoms with Crippen LogP contribution in [0.15, 0.2) is 18.2 Å². The third-order valence-corrected chi connectivity index (χ3v) is 7.82. The summed E-state index contributed by atoms with van der Waals surface area (Å²) in [5.74, 6) is 2.90. The summed E-state index contributed by atoms with van der Waals surface area (Å²) in [6.07, 6.45) is 11.1. The molecule has 2 aliphatic rings. The highest BCUT2D eigenvalue weighted by atomic mass is 16.5. The molecule has 2 atom stereocenters. The lowest BCUT2D eigenvalue weighted by molar-refractivity contribution is -0.134. The molecule has 2 heterocycles. The van der Waals surface area contributed by atoms with Crippen LogP contribution in [0.3, 0.4) is 0 Å². The first kappa shape index (κ1) is 39.1. The summed E-state index contributed by atoms with van der Waals surface area (Å²) >= 11 is 0. The molecule has 41 heavy (non-hydrogen) atoms. The molecular formula is C36H65NO4. The van der Waals surface area contributed by atoms with Crippen LogP contribution in [0.2, 0.25) is 0 Å². The number of hydrogen-bond donors (Lipinski definition) is 0. The maximum absolute atomic E-state index is 12.4. The standard InChI is InChI=1S/C22H33NO2.C6H14O.C4H8O.C4H10/c1-5-17(18-6-7-20-19(15-18)9-13-25-20)14-16(2)8-11-23-12-10-22(3,4)21(23)24;1-3-5-7-6-4-2;1-3-4(2)5;1-3-4-2/h6-7,15-17H,5,8-14H2,1-4H3;3-6H2,1-2H3;3H2,1-2H3;3-4H2,1-2H3/t16-,17?;;;/m0.../s1. The van der Waals surface area contributed by atoms with E-state index in [1.54, 1.807) is 6.92 Å². The van der Waals surface area contributed by atoms with Crippen molar-refractivity contribution in [3.63, 3.8) is 0 Å². The maximum atomic E-state index is 12.4. The average molecular weight is 576 g/mol. The van der Waals surface area contributed by atoms with E-state index in [-0.39, 0.29) is 11.2 Å². The smallest absolute Gasteiger partial charge is 0.228 e. The fraction of sp³-hybridized carbons (Fsp3) is 0.778. The molecule has 3 rings (SSSR count). The number of ether oxygens (including phenoxy) is 2. The largest absolute Gasteiger partial charge is 0.493 e. The number of likely N-dealkylation sites (tertiary alicyclic amines) is 1. The SMILES string of the molecule is CCC(C)=O.CCC(C[C@@H](C)CCN1CCC(C)(C)C1=O)c1ccc2c(c1)CCO2.CCCC.CCCOCCC. The molecule has 0 radical (unpaired) electrons. The van der Waals surface area contributed by atoms with E-state index in [9.17, 15) is 9.59 Å². The number of ketones is 1. The lowest BCUT2D eigenvalue weighted by Gasteiger charge is -2.24. The lowest BCUT2D eigenvalue weighted by Crippen LogP contribution is -2.32. The Morgan fingerprint density at radius 1 is 1.02 bits per heavy atom. The van der Waals surface area contributed by atoms with E-state index >= 15 is 0 Å². The number of Topliss-reactive ketones (excluding diaryl/α,β-unsaturated/α-hetero) is 1. The zero-order chi connectivity index (χ0) is 31.3. The molecule has 1 unspecified atom stereocenters. The molecule has 1 aromatic carbocycles. The number of carbonyl (C=O) groups is 2. The van der Waals surface area contributed by atoms with Gasteiger partial charge in [0, 0.05) is 44.6 Å². The predicted octanol–water partition coefficient (Wildman–Crippen LogP) is 9.40. The monoisotopic (exact) mass is 575 g/mol. The molecule has 2 aliphatic heterocycles. The van der Waals surface area contributed by atoms with Gasteiger partial charge in [0.2, 0.25) is 5.91 Å². The summed E-state index contributed by atoms with van der Waals surface area (Å²) in [6.45, 7) is 25.3. The number of fused-ring (bicyclic) bond motifs is 1. The van der Waals surface area contributed by atoms with Gasteiger partial charge in [0.15, 0.2) is 0 Å². The Hall–Kier alpha value is -1.88. The molecule has 0 bridgehead atoms. The van der Waals surface area contributed by atoms with Crippen LogP contribution >= 0.6 is 0 Å². The molecule has 0 N–H and O–H groups in total. The third kappa shape index (κ3) is 16.4. The second kappa shape index (κ2) is 22.7. The Bertz CT molecular complexity index is 829. The van der Waals surface area contributed by atoms with Crippen molar-refractivity contribution in [2.45, 2.75) is 139 Å². The van der Waals surface area contributed by atoms with Crippen LogP contribution in [0.25, 0.3) is 0 Å². The number of unbranched alkanes of at least 4 members (excludes halogenated alkanes) is 1. The van der Waals surface area contributed by atoms with Crippen molar-refractivity contribution in [3.05, 3.63) is 29.3 Å². The van der Waals surface area contributed by atoms with Gasteiger partial charge in [0.25, 0.3) is 0 Å². The van der Waals surface area contributed by atoms with E-state index in [0.717, 1.165) is 70.8 Å². The van der Waals surface area contributed by atoms with Gasteiger partial charge in [-0.15, -0.1) is 0 Å². The van der Waals surface area contributed by atoms with Gasteiger partial charge in [0.1, 0.15) is 11.5 Å². The molecular weight excluding hydrogens is 510 g/mol. The van der Waals surface area contributed by atoms with Gasteiger partial charge < -0.3 is 19.2 Å². The Labute approximate surface area is 254 Å². The summed E-state index contributed by atoms with van der Waals surface area (Å²) in [7, 11) is 0. The van der Waals surface area contributed by atoms with E-state index in [0.29, 0.717) is 24.2 Å². The highest BCUT2D eigenvalue weighted by Gasteiger charge is 2.38. The topological polar surface area (TPSA) is 55.8 Å². The number of benzene rings is 1. The molecule has 0 saturated carbocycles. The minimum absolute atomic E-state index is 0.151.